The highest BCUT2D eigenvalue weighted by Gasteiger charge is 2.32. The van der Waals surface area contributed by atoms with Gasteiger partial charge in [0.25, 0.3) is 0 Å². The average Bonchev–Trinajstić information content (AvgIpc) is 3.86. The minimum Gasteiger partial charge on any atom is -0.459 e. The zero-order valence-electron chi connectivity index (χ0n) is 29.1. The van der Waals surface area contributed by atoms with E-state index in [1.807, 2.05) is 0 Å². The van der Waals surface area contributed by atoms with Gasteiger partial charge in [0.05, 0.1) is 11.0 Å². The van der Waals surface area contributed by atoms with E-state index in [4.69, 9.17) is 13.8 Å². The Hall–Kier alpha value is -6.39. The van der Waals surface area contributed by atoms with E-state index in [1.54, 1.807) is 0 Å². The maximum absolute atomic E-state index is 7.15. The van der Waals surface area contributed by atoms with E-state index in [2.05, 4.69) is 144 Å². The van der Waals surface area contributed by atoms with Crippen LogP contribution in [0.25, 0.3) is 82.1 Å². The summed E-state index contributed by atoms with van der Waals surface area (Å²) in [5.41, 5.74) is 7.56. The summed E-state index contributed by atoms with van der Waals surface area (Å²) in [7, 11) is 0. The molecule has 1 unspecified atom stereocenters. The van der Waals surface area contributed by atoms with Gasteiger partial charge in [-0.25, -0.2) is 4.99 Å². The van der Waals surface area contributed by atoms with Crippen LogP contribution in [0.5, 0.6) is 0 Å². The van der Waals surface area contributed by atoms with E-state index in [-0.39, 0.29) is 5.92 Å². The molecular weight excluding hydrogens is 649 g/mol. The van der Waals surface area contributed by atoms with E-state index >= 15 is 0 Å². The van der Waals surface area contributed by atoms with E-state index in [0.717, 1.165) is 88.1 Å². The molecule has 0 saturated carbocycles. The summed E-state index contributed by atoms with van der Waals surface area (Å²) in [6.45, 7) is 0. The molecule has 0 spiro atoms. The van der Waals surface area contributed by atoms with Gasteiger partial charge >= 0.3 is 0 Å². The minimum absolute atomic E-state index is 0.0198. The van der Waals surface area contributed by atoms with Crippen LogP contribution >= 0.6 is 0 Å². The molecule has 4 heterocycles. The molecule has 0 fully saturated rings. The lowest BCUT2D eigenvalue weighted by atomic mass is 9.87. The van der Waals surface area contributed by atoms with Crippen LogP contribution in [-0.2, 0) is 12.8 Å². The van der Waals surface area contributed by atoms with Crippen molar-refractivity contribution in [2.75, 3.05) is 0 Å². The lowest BCUT2D eigenvalue weighted by molar-refractivity contribution is 0.485. The number of hydrogen-bond donors (Lipinski definition) is 0. The van der Waals surface area contributed by atoms with Crippen molar-refractivity contribution in [3.05, 3.63) is 156 Å². The quantitative estimate of drug-likeness (QED) is 0.173. The first kappa shape index (κ1) is 29.2. The molecule has 2 aliphatic rings. The van der Waals surface area contributed by atoms with Crippen LogP contribution in [0.3, 0.4) is 0 Å². The molecule has 3 aromatic heterocycles. The smallest absolute Gasteiger partial charge is 0.160 e. The van der Waals surface area contributed by atoms with E-state index in [0.29, 0.717) is 0 Å². The molecule has 0 N–H and O–H groups in total. The molecule has 4 heteroatoms. The number of benzene rings is 7. The molecule has 10 aromatic rings. The summed E-state index contributed by atoms with van der Waals surface area (Å²) in [6.07, 6.45) is 9.09. The number of para-hydroxylation sites is 1. The monoisotopic (exact) mass is 682 g/mol. The fourth-order valence-corrected chi connectivity index (χ4v) is 9.57. The zero-order valence-corrected chi connectivity index (χ0v) is 29.1. The summed E-state index contributed by atoms with van der Waals surface area (Å²) < 4.78 is 16.2. The van der Waals surface area contributed by atoms with Crippen molar-refractivity contribution in [3.8, 4) is 0 Å². The van der Waals surface area contributed by atoms with Crippen LogP contribution < -0.4 is 0 Å². The lowest BCUT2D eigenvalue weighted by Crippen LogP contribution is -2.23. The SMILES string of the molecule is C1=Cc2oc3c(c2CC1)/N=C(/n1c2ccccc2c2c4ccccc4c4c5cc6ccccc6cc5oc4c21)C(c1cccc2ccccc12)CCC3. The third-order valence-electron chi connectivity index (χ3n) is 11.9. The van der Waals surface area contributed by atoms with Crippen LogP contribution in [0.4, 0.5) is 5.69 Å². The topological polar surface area (TPSA) is 43.6 Å². The van der Waals surface area contributed by atoms with Gasteiger partial charge in [0.1, 0.15) is 28.6 Å². The molecular formula is C49H34N2O2. The van der Waals surface area contributed by atoms with Gasteiger partial charge < -0.3 is 8.83 Å². The van der Waals surface area contributed by atoms with Gasteiger partial charge in [-0.2, -0.15) is 0 Å². The second kappa shape index (κ2) is 11.1. The first-order valence-corrected chi connectivity index (χ1v) is 18.9. The minimum atomic E-state index is 0.0198. The molecule has 0 bridgehead atoms. The second-order valence-corrected chi connectivity index (χ2v) is 14.8. The number of nitrogens with zero attached hydrogens (tertiary/aromatic N) is 2. The molecule has 53 heavy (non-hydrogen) atoms. The number of allylic oxidation sites excluding steroid dienone is 1. The highest BCUT2D eigenvalue weighted by Crippen LogP contribution is 2.48. The fourth-order valence-electron chi connectivity index (χ4n) is 9.57. The number of aromatic nitrogens is 1. The van der Waals surface area contributed by atoms with Crippen molar-refractivity contribution in [2.45, 2.75) is 38.0 Å². The predicted octanol–water partition coefficient (Wildman–Crippen LogP) is 13.4. The average molecular weight is 683 g/mol. The lowest BCUT2D eigenvalue weighted by Gasteiger charge is -2.25. The van der Waals surface area contributed by atoms with Crippen LogP contribution in [0.1, 0.15) is 47.8 Å². The van der Waals surface area contributed by atoms with Crippen molar-refractivity contribution in [3.63, 3.8) is 0 Å². The Bertz CT molecular complexity index is 3220. The number of aryl methyl sites for hydroxylation is 1. The molecule has 0 amide bonds. The van der Waals surface area contributed by atoms with Crippen molar-refractivity contribution in [1.82, 2.24) is 4.57 Å². The molecule has 1 aliphatic heterocycles. The van der Waals surface area contributed by atoms with E-state index in [9.17, 15) is 0 Å². The Morgan fingerprint density at radius 1 is 0.623 bits per heavy atom. The third kappa shape index (κ3) is 4.15. The van der Waals surface area contributed by atoms with Crippen molar-refractivity contribution in [2.24, 2.45) is 4.99 Å². The molecule has 7 aromatic carbocycles. The molecule has 0 radical (unpaired) electrons. The van der Waals surface area contributed by atoms with Crippen LogP contribution in [0, 0.1) is 0 Å². The van der Waals surface area contributed by atoms with Gasteiger partial charge in [-0.1, -0.05) is 115 Å². The molecule has 1 atom stereocenters. The molecule has 12 rings (SSSR count). The predicted molar refractivity (Wildman–Crippen MR) is 220 cm³/mol. The summed E-state index contributed by atoms with van der Waals surface area (Å²) in [4.78, 5) is 5.88. The first-order chi connectivity index (χ1) is 26.3. The van der Waals surface area contributed by atoms with Gasteiger partial charge in [-0.3, -0.25) is 4.57 Å². The fraction of sp³-hybridized carbons (Fsp3) is 0.122. The Kier molecular flexibility index (Phi) is 6.09. The van der Waals surface area contributed by atoms with Crippen molar-refractivity contribution >= 4 is 93.7 Å². The van der Waals surface area contributed by atoms with Crippen molar-refractivity contribution < 1.29 is 8.83 Å². The number of aliphatic imine (C=N–C) groups is 1. The maximum atomic E-state index is 7.15. The zero-order chi connectivity index (χ0) is 34.6. The van der Waals surface area contributed by atoms with Crippen LogP contribution in [0.2, 0.25) is 0 Å². The number of fused-ring (bicyclic) bond motifs is 15. The van der Waals surface area contributed by atoms with Gasteiger partial charge in [0.2, 0.25) is 0 Å². The largest absolute Gasteiger partial charge is 0.459 e. The number of rotatable bonds is 1. The Labute approximate surface area is 305 Å². The standard InChI is InChI=1S/C49H34N2O2/c1-2-15-31-28-43-39(27-30(31)14-1)45-35-19-6-5-18-34(35)44-37-20-7-9-24-40(37)51(47(44)48(45)53-43)49-36(33-22-11-16-29-13-3-4-17-32(29)33)23-12-26-42-46(50-49)38-21-8-10-25-41(38)52-42/h1-7,9-11,13-20,22,24-25,27-28,36H,8,12,21,23,26H2/b50-49+. The van der Waals surface area contributed by atoms with E-state index < -0.39 is 0 Å². The molecule has 252 valence electrons. The van der Waals surface area contributed by atoms with E-state index in [1.165, 1.54) is 54.2 Å². The van der Waals surface area contributed by atoms with Gasteiger partial charge in [0, 0.05) is 39.4 Å². The van der Waals surface area contributed by atoms with Gasteiger partial charge in [0.15, 0.2) is 5.58 Å². The maximum Gasteiger partial charge on any atom is 0.160 e. The second-order valence-electron chi connectivity index (χ2n) is 14.8. The van der Waals surface area contributed by atoms with Gasteiger partial charge in [-0.15, -0.1) is 0 Å². The highest BCUT2D eigenvalue weighted by atomic mass is 16.3. The summed E-state index contributed by atoms with van der Waals surface area (Å²) in [5.74, 6) is 3.01. The Morgan fingerprint density at radius 2 is 1.34 bits per heavy atom. The van der Waals surface area contributed by atoms with Crippen molar-refractivity contribution in [1.29, 1.82) is 0 Å². The first-order valence-electron chi connectivity index (χ1n) is 18.9. The molecule has 0 saturated heterocycles. The van der Waals surface area contributed by atoms with Crippen LogP contribution in [0.15, 0.2) is 147 Å². The number of hydrogen-bond acceptors (Lipinski definition) is 3. The molecule has 4 nitrogen and oxygen atoms in total. The highest BCUT2D eigenvalue weighted by molar-refractivity contribution is 6.36. The Morgan fingerprint density at radius 3 is 2.21 bits per heavy atom. The number of furan rings is 2. The summed E-state index contributed by atoms with van der Waals surface area (Å²) in [6, 6.07) is 46.4. The normalized spacial score (nSPS) is 17.1. The van der Waals surface area contributed by atoms with Gasteiger partial charge in [-0.05, 0) is 87.8 Å². The van der Waals surface area contributed by atoms with Crippen LogP contribution in [-0.4, -0.2) is 10.4 Å². The summed E-state index contributed by atoms with van der Waals surface area (Å²) in [5, 5.41) is 12.0. The molecule has 1 aliphatic carbocycles. The summed E-state index contributed by atoms with van der Waals surface area (Å²) >= 11 is 0. The Balaban J connectivity index is 1.29. The third-order valence-corrected chi connectivity index (χ3v) is 11.9.